The molecular weight excluding hydrogens is 260 g/mol. The molecule has 20 heavy (non-hydrogen) atoms. The lowest BCUT2D eigenvalue weighted by molar-refractivity contribution is -0.119. The van der Waals surface area contributed by atoms with E-state index in [0.717, 1.165) is 18.7 Å². The topological polar surface area (TPSA) is 103 Å². The number of carbonyl (C=O) groups excluding carboxylic acids is 1. The molecule has 1 amide bonds. The molecule has 2 aromatic rings. The molecule has 0 atom stereocenters. The highest BCUT2D eigenvalue weighted by Gasteiger charge is 2.00. The Morgan fingerprint density at radius 2 is 2.15 bits per heavy atom. The second-order valence-corrected chi connectivity index (χ2v) is 4.16. The second-order valence-electron chi connectivity index (χ2n) is 4.16. The van der Waals surface area contributed by atoms with Crippen molar-refractivity contribution in [1.29, 1.82) is 0 Å². The number of nitrogens with two attached hydrogens (primary N) is 1. The highest BCUT2D eigenvalue weighted by atomic mass is 16.5. The lowest BCUT2D eigenvalue weighted by Crippen LogP contribution is -2.20. The number of hydrogen-bond donors (Lipinski definition) is 2. The number of amides is 1. The maximum Gasteiger partial charge on any atom is 0.255 e. The number of benzene rings is 1. The van der Waals surface area contributed by atoms with Crippen LogP contribution >= 0.6 is 0 Å². The third-order valence-corrected chi connectivity index (χ3v) is 2.56. The van der Waals surface area contributed by atoms with Crippen molar-refractivity contribution in [2.45, 2.75) is 13.0 Å². The molecule has 7 nitrogen and oxygen atoms in total. The first-order valence-electron chi connectivity index (χ1n) is 6.20. The summed E-state index contributed by atoms with van der Waals surface area (Å²) in [4.78, 5) is 14.5. The maximum atomic E-state index is 10.6. The van der Waals surface area contributed by atoms with Crippen LogP contribution in [0.15, 0.2) is 35.1 Å². The van der Waals surface area contributed by atoms with Crippen LogP contribution in [0.1, 0.15) is 11.5 Å². The SMILES string of the molecule is NC(=O)COc1ccc(CNCCc2ncno2)cc1. The molecule has 1 aromatic carbocycles. The van der Waals surface area contributed by atoms with Gasteiger partial charge in [-0.3, -0.25) is 4.79 Å². The van der Waals surface area contributed by atoms with Gasteiger partial charge in [-0.2, -0.15) is 4.98 Å². The van der Waals surface area contributed by atoms with E-state index in [-0.39, 0.29) is 6.61 Å². The Kier molecular flexibility index (Phi) is 5.08. The smallest absolute Gasteiger partial charge is 0.255 e. The van der Waals surface area contributed by atoms with Gasteiger partial charge >= 0.3 is 0 Å². The molecule has 1 heterocycles. The van der Waals surface area contributed by atoms with Gasteiger partial charge in [0.25, 0.3) is 5.91 Å². The van der Waals surface area contributed by atoms with E-state index in [1.165, 1.54) is 6.33 Å². The van der Waals surface area contributed by atoms with Crippen molar-refractivity contribution in [3.8, 4) is 5.75 Å². The van der Waals surface area contributed by atoms with E-state index < -0.39 is 5.91 Å². The summed E-state index contributed by atoms with van der Waals surface area (Å²) in [6, 6.07) is 7.46. The molecule has 7 heteroatoms. The van der Waals surface area contributed by atoms with Crippen LogP contribution in [0, 0.1) is 0 Å². The lowest BCUT2D eigenvalue weighted by Gasteiger charge is -2.06. The number of nitrogens with zero attached hydrogens (tertiary/aromatic N) is 2. The Balaban J connectivity index is 1.69. The first kappa shape index (κ1) is 14.0. The molecule has 0 radical (unpaired) electrons. The minimum Gasteiger partial charge on any atom is -0.484 e. The predicted octanol–water partition coefficient (Wildman–Crippen LogP) is 0.266. The molecule has 0 bridgehead atoms. The lowest BCUT2D eigenvalue weighted by atomic mass is 10.2. The van der Waals surface area contributed by atoms with Crippen LogP contribution in [0.2, 0.25) is 0 Å². The Hall–Kier alpha value is -2.41. The number of aromatic nitrogens is 2. The molecule has 0 unspecified atom stereocenters. The molecule has 0 aliphatic carbocycles. The molecular formula is C13H16N4O3. The fourth-order valence-electron chi connectivity index (χ4n) is 1.59. The Morgan fingerprint density at radius 1 is 1.35 bits per heavy atom. The molecule has 2 rings (SSSR count). The van der Waals surface area contributed by atoms with Crippen molar-refractivity contribution in [3.05, 3.63) is 42.0 Å². The summed E-state index contributed by atoms with van der Waals surface area (Å²) in [6.07, 6.45) is 2.08. The zero-order valence-electron chi connectivity index (χ0n) is 10.9. The van der Waals surface area contributed by atoms with Crippen molar-refractivity contribution in [1.82, 2.24) is 15.5 Å². The summed E-state index contributed by atoms with van der Waals surface area (Å²) in [5.74, 6) is 0.753. The van der Waals surface area contributed by atoms with Crippen molar-refractivity contribution in [2.75, 3.05) is 13.2 Å². The number of rotatable bonds is 8. The molecule has 3 N–H and O–H groups in total. The van der Waals surface area contributed by atoms with E-state index in [4.69, 9.17) is 15.0 Å². The van der Waals surface area contributed by atoms with Crippen LogP contribution in [0.25, 0.3) is 0 Å². The van der Waals surface area contributed by atoms with E-state index in [9.17, 15) is 4.79 Å². The largest absolute Gasteiger partial charge is 0.484 e. The average molecular weight is 276 g/mol. The van der Waals surface area contributed by atoms with Crippen LogP contribution in [0.4, 0.5) is 0 Å². The van der Waals surface area contributed by atoms with Gasteiger partial charge in [-0.1, -0.05) is 17.3 Å². The summed E-state index contributed by atoms with van der Waals surface area (Å²) in [6.45, 7) is 1.37. The molecule has 0 saturated carbocycles. The molecule has 106 valence electrons. The number of ether oxygens (including phenoxy) is 1. The fourth-order valence-corrected chi connectivity index (χ4v) is 1.59. The number of carbonyl (C=O) groups is 1. The van der Waals surface area contributed by atoms with E-state index in [0.29, 0.717) is 18.1 Å². The van der Waals surface area contributed by atoms with Gasteiger partial charge in [-0.15, -0.1) is 0 Å². The van der Waals surface area contributed by atoms with E-state index in [1.807, 2.05) is 12.1 Å². The van der Waals surface area contributed by atoms with Crippen LogP contribution in [0.3, 0.4) is 0 Å². The van der Waals surface area contributed by atoms with E-state index in [2.05, 4.69) is 15.5 Å². The number of hydrogen-bond acceptors (Lipinski definition) is 6. The third-order valence-electron chi connectivity index (χ3n) is 2.56. The van der Waals surface area contributed by atoms with E-state index in [1.54, 1.807) is 12.1 Å². The summed E-state index contributed by atoms with van der Waals surface area (Å²) < 4.78 is 10.1. The van der Waals surface area contributed by atoms with Crippen LogP contribution in [0.5, 0.6) is 5.75 Å². The average Bonchev–Trinajstić information content (AvgIpc) is 2.96. The van der Waals surface area contributed by atoms with Crippen molar-refractivity contribution < 1.29 is 14.1 Å². The summed E-state index contributed by atoms with van der Waals surface area (Å²) in [5.41, 5.74) is 6.11. The van der Waals surface area contributed by atoms with Crippen molar-refractivity contribution in [2.24, 2.45) is 5.73 Å². The summed E-state index contributed by atoms with van der Waals surface area (Å²) in [5, 5.41) is 6.80. The van der Waals surface area contributed by atoms with Crippen LogP contribution < -0.4 is 15.8 Å². The van der Waals surface area contributed by atoms with Gasteiger partial charge in [0.2, 0.25) is 5.89 Å². The molecule has 0 aliphatic rings. The minimum atomic E-state index is -0.489. The third kappa shape index (κ3) is 4.69. The predicted molar refractivity (Wildman–Crippen MR) is 70.8 cm³/mol. The van der Waals surface area contributed by atoms with Gasteiger partial charge < -0.3 is 20.3 Å². The van der Waals surface area contributed by atoms with Crippen molar-refractivity contribution >= 4 is 5.91 Å². The zero-order valence-corrected chi connectivity index (χ0v) is 10.9. The van der Waals surface area contributed by atoms with Gasteiger partial charge in [0.1, 0.15) is 5.75 Å². The minimum absolute atomic E-state index is 0.109. The first-order chi connectivity index (χ1) is 9.74. The molecule has 0 fully saturated rings. The summed E-state index contributed by atoms with van der Waals surface area (Å²) >= 11 is 0. The normalized spacial score (nSPS) is 10.4. The first-order valence-corrected chi connectivity index (χ1v) is 6.20. The van der Waals surface area contributed by atoms with Crippen LogP contribution in [-0.4, -0.2) is 29.2 Å². The van der Waals surface area contributed by atoms with Crippen molar-refractivity contribution in [3.63, 3.8) is 0 Å². The highest BCUT2D eigenvalue weighted by molar-refractivity contribution is 5.75. The fraction of sp³-hybridized carbons (Fsp3) is 0.308. The Morgan fingerprint density at radius 3 is 2.80 bits per heavy atom. The zero-order chi connectivity index (χ0) is 14.2. The number of nitrogens with one attached hydrogen (secondary N) is 1. The molecule has 0 aliphatic heterocycles. The van der Waals surface area contributed by atoms with E-state index >= 15 is 0 Å². The van der Waals surface area contributed by atoms with Gasteiger partial charge in [0, 0.05) is 19.5 Å². The Bertz CT molecular complexity index is 525. The Labute approximate surface area is 116 Å². The molecule has 1 aromatic heterocycles. The van der Waals surface area contributed by atoms with Gasteiger partial charge in [-0.25, -0.2) is 0 Å². The van der Waals surface area contributed by atoms with Crippen LogP contribution in [-0.2, 0) is 17.8 Å². The quantitative estimate of drug-likeness (QED) is 0.671. The summed E-state index contributed by atoms with van der Waals surface area (Å²) in [7, 11) is 0. The van der Waals surface area contributed by atoms with Gasteiger partial charge in [0.15, 0.2) is 12.9 Å². The monoisotopic (exact) mass is 276 g/mol. The highest BCUT2D eigenvalue weighted by Crippen LogP contribution is 2.11. The standard InChI is InChI=1S/C13H16N4O3/c14-12(18)8-19-11-3-1-10(2-4-11)7-15-6-5-13-16-9-17-20-13/h1-4,9,15H,5-8H2,(H2,14,18). The van der Waals surface area contributed by atoms with Gasteiger partial charge in [-0.05, 0) is 17.7 Å². The second kappa shape index (κ2) is 7.25. The van der Waals surface area contributed by atoms with Gasteiger partial charge in [0.05, 0.1) is 0 Å². The number of primary amides is 1. The molecule has 0 spiro atoms. The maximum absolute atomic E-state index is 10.6. The molecule has 0 saturated heterocycles.